The smallest absolute Gasteiger partial charge is 0.190 e. The van der Waals surface area contributed by atoms with Gasteiger partial charge in [-0.3, -0.25) is 0 Å². The highest BCUT2D eigenvalue weighted by molar-refractivity contribution is 5.25. The van der Waals surface area contributed by atoms with E-state index in [4.69, 9.17) is 4.74 Å². The Hall–Kier alpha value is -1.16. The minimum absolute atomic E-state index is 0.278. The monoisotopic (exact) mass is 229 g/mol. The van der Waals surface area contributed by atoms with Crippen LogP contribution in [0, 0.1) is 11.6 Å². The van der Waals surface area contributed by atoms with E-state index >= 15 is 0 Å². The lowest BCUT2D eigenvalue weighted by Gasteiger charge is -2.11. The molecule has 0 bridgehead atoms. The van der Waals surface area contributed by atoms with Gasteiger partial charge in [-0.25, -0.2) is 8.78 Å². The zero-order valence-corrected chi connectivity index (χ0v) is 9.59. The van der Waals surface area contributed by atoms with Crippen molar-refractivity contribution in [1.82, 2.24) is 5.32 Å². The Morgan fingerprint density at radius 3 is 2.50 bits per heavy atom. The Morgan fingerprint density at radius 2 is 1.94 bits per heavy atom. The van der Waals surface area contributed by atoms with Crippen molar-refractivity contribution in [3.63, 3.8) is 0 Å². The average Bonchev–Trinajstić information content (AvgIpc) is 2.27. The fraction of sp³-hybridized carbons (Fsp3) is 0.500. The van der Waals surface area contributed by atoms with Crippen LogP contribution < -0.4 is 10.1 Å². The van der Waals surface area contributed by atoms with Gasteiger partial charge in [0.1, 0.15) is 0 Å². The zero-order valence-electron chi connectivity index (χ0n) is 9.59. The van der Waals surface area contributed by atoms with E-state index in [0.29, 0.717) is 12.6 Å². The quantitative estimate of drug-likeness (QED) is 0.757. The van der Waals surface area contributed by atoms with E-state index < -0.39 is 11.6 Å². The van der Waals surface area contributed by atoms with E-state index in [0.717, 1.165) is 12.8 Å². The lowest BCUT2D eigenvalue weighted by molar-refractivity contribution is 0.271. The summed E-state index contributed by atoms with van der Waals surface area (Å²) in [6.45, 7) is 2.37. The van der Waals surface area contributed by atoms with Crippen LogP contribution in [0.5, 0.6) is 5.75 Å². The van der Waals surface area contributed by atoms with E-state index in [1.165, 1.54) is 18.2 Å². The Bertz CT molecular complexity index is 311. The van der Waals surface area contributed by atoms with Crippen molar-refractivity contribution in [2.45, 2.75) is 25.8 Å². The van der Waals surface area contributed by atoms with Crippen molar-refractivity contribution in [1.29, 1.82) is 0 Å². The van der Waals surface area contributed by atoms with Crippen LogP contribution in [0.2, 0.25) is 0 Å². The standard InChI is InChI=1S/C12H17F2NO/c1-9(15-2)5-4-8-16-12-10(13)6-3-7-11(12)14/h3,6-7,9,15H,4-5,8H2,1-2H3. The van der Waals surface area contributed by atoms with Crippen molar-refractivity contribution in [2.24, 2.45) is 0 Å². The van der Waals surface area contributed by atoms with E-state index in [1.54, 1.807) is 0 Å². The second kappa shape index (κ2) is 6.43. The van der Waals surface area contributed by atoms with E-state index in [2.05, 4.69) is 5.32 Å². The Kier molecular flexibility index (Phi) is 5.19. The summed E-state index contributed by atoms with van der Waals surface area (Å²) in [4.78, 5) is 0. The normalized spacial score (nSPS) is 12.5. The summed E-state index contributed by atoms with van der Waals surface area (Å²) in [5.74, 6) is -1.58. The first-order valence-corrected chi connectivity index (χ1v) is 5.39. The summed E-state index contributed by atoms with van der Waals surface area (Å²) in [6.07, 6.45) is 1.67. The minimum Gasteiger partial charge on any atom is -0.488 e. The average molecular weight is 229 g/mol. The number of halogens is 2. The molecule has 2 nitrogen and oxygen atoms in total. The molecule has 0 aliphatic rings. The lowest BCUT2D eigenvalue weighted by Crippen LogP contribution is -2.21. The second-order valence-corrected chi connectivity index (χ2v) is 3.73. The first-order chi connectivity index (χ1) is 7.65. The third-order valence-corrected chi connectivity index (χ3v) is 2.44. The first kappa shape index (κ1) is 12.9. The van der Waals surface area contributed by atoms with Gasteiger partial charge in [0.15, 0.2) is 17.4 Å². The molecule has 90 valence electrons. The Labute approximate surface area is 94.6 Å². The number of rotatable bonds is 6. The van der Waals surface area contributed by atoms with Crippen LogP contribution >= 0.6 is 0 Å². The largest absolute Gasteiger partial charge is 0.488 e. The van der Waals surface area contributed by atoms with Crippen LogP contribution in [0.3, 0.4) is 0 Å². The molecule has 0 heterocycles. The molecule has 4 heteroatoms. The maximum Gasteiger partial charge on any atom is 0.190 e. The molecule has 1 aromatic carbocycles. The van der Waals surface area contributed by atoms with Gasteiger partial charge in [0.2, 0.25) is 0 Å². The van der Waals surface area contributed by atoms with Crippen LogP contribution in [0.15, 0.2) is 18.2 Å². The van der Waals surface area contributed by atoms with Gasteiger partial charge in [-0.05, 0) is 38.9 Å². The Morgan fingerprint density at radius 1 is 1.31 bits per heavy atom. The number of benzene rings is 1. The van der Waals surface area contributed by atoms with E-state index in [-0.39, 0.29) is 5.75 Å². The molecular weight excluding hydrogens is 212 g/mol. The van der Waals surface area contributed by atoms with Gasteiger partial charge in [0.05, 0.1) is 6.61 Å². The number of hydrogen-bond acceptors (Lipinski definition) is 2. The van der Waals surface area contributed by atoms with Crippen molar-refractivity contribution >= 4 is 0 Å². The predicted molar refractivity (Wildman–Crippen MR) is 59.6 cm³/mol. The minimum atomic E-state index is -0.651. The van der Waals surface area contributed by atoms with Crippen LogP contribution in [0.25, 0.3) is 0 Å². The predicted octanol–water partition coefficient (Wildman–Crippen LogP) is 2.73. The van der Waals surface area contributed by atoms with Gasteiger partial charge in [0.25, 0.3) is 0 Å². The SMILES string of the molecule is CNC(C)CCCOc1c(F)cccc1F. The summed E-state index contributed by atoms with van der Waals surface area (Å²) in [7, 11) is 1.88. The molecule has 1 rings (SSSR count). The van der Waals surface area contributed by atoms with E-state index in [1.807, 2.05) is 14.0 Å². The first-order valence-electron chi connectivity index (χ1n) is 5.39. The molecule has 0 spiro atoms. The summed E-state index contributed by atoms with van der Waals surface area (Å²) in [5, 5.41) is 3.08. The molecular formula is C12H17F2NO. The molecule has 16 heavy (non-hydrogen) atoms. The lowest BCUT2D eigenvalue weighted by atomic mass is 10.2. The summed E-state index contributed by atoms with van der Waals surface area (Å²) < 4.78 is 31.3. The molecule has 0 aromatic heterocycles. The summed E-state index contributed by atoms with van der Waals surface area (Å²) >= 11 is 0. The maximum atomic E-state index is 13.1. The van der Waals surface area contributed by atoms with Gasteiger partial charge in [-0.15, -0.1) is 0 Å². The van der Waals surface area contributed by atoms with Crippen LogP contribution in [-0.4, -0.2) is 19.7 Å². The van der Waals surface area contributed by atoms with Crippen molar-refractivity contribution in [3.05, 3.63) is 29.8 Å². The molecule has 0 fully saturated rings. The van der Waals surface area contributed by atoms with Gasteiger partial charge in [-0.1, -0.05) is 6.07 Å². The van der Waals surface area contributed by atoms with Gasteiger partial charge < -0.3 is 10.1 Å². The summed E-state index contributed by atoms with van der Waals surface area (Å²) in [6, 6.07) is 4.08. The maximum absolute atomic E-state index is 13.1. The molecule has 1 unspecified atom stereocenters. The Balaban J connectivity index is 2.37. The van der Waals surface area contributed by atoms with Crippen molar-refractivity contribution in [2.75, 3.05) is 13.7 Å². The van der Waals surface area contributed by atoms with Gasteiger partial charge in [0, 0.05) is 6.04 Å². The third-order valence-electron chi connectivity index (χ3n) is 2.44. The summed E-state index contributed by atoms with van der Waals surface area (Å²) in [5.41, 5.74) is 0. The van der Waals surface area contributed by atoms with Crippen molar-refractivity contribution in [3.8, 4) is 5.75 Å². The molecule has 0 saturated heterocycles. The highest BCUT2D eigenvalue weighted by atomic mass is 19.1. The highest BCUT2D eigenvalue weighted by Crippen LogP contribution is 2.20. The molecule has 1 atom stereocenters. The van der Waals surface area contributed by atoms with Gasteiger partial charge >= 0.3 is 0 Å². The fourth-order valence-corrected chi connectivity index (χ4v) is 1.33. The fourth-order valence-electron chi connectivity index (χ4n) is 1.33. The molecule has 1 aromatic rings. The molecule has 1 N–H and O–H groups in total. The molecule has 0 aliphatic carbocycles. The molecule has 0 saturated carbocycles. The third kappa shape index (κ3) is 3.77. The second-order valence-electron chi connectivity index (χ2n) is 3.73. The van der Waals surface area contributed by atoms with E-state index in [9.17, 15) is 8.78 Å². The highest BCUT2D eigenvalue weighted by Gasteiger charge is 2.09. The van der Waals surface area contributed by atoms with Crippen LogP contribution in [0.1, 0.15) is 19.8 Å². The number of ether oxygens (including phenoxy) is 1. The number of hydrogen-bond donors (Lipinski definition) is 1. The topological polar surface area (TPSA) is 21.3 Å². The molecule has 0 radical (unpaired) electrons. The van der Waals surface area contributed by atoms with Gasteiger partial charge in [-0.2, -0.15) is 0 Å². The number of nitrogens with one attached hydrogen (secondary N) is 1. The van der Waals surface area contributed by atoms with Crippen molar-refractivity contribution < 1.29 is 13.5 Å². The van der Waals surface area contributed by atoms with Crippen LogP contribution in [-0.2, 0) is 0 Å². The molecule has 0 amide bonds. The molecule has 0 aliphatic heterocycles. The number of para-hydroxylation sites is 1. The zero-order chi connectivity index (χ0) is 12.0. The van der Waals surface area contributed by atoms with Crippen LogP contribution in [0.4, 0.5) is 8.78 Å².